The van der Waals surface area contributed by atoms with E-state index in [0.29, 0.717) is 16.8 Å². The molecule has 0 spiro atoms. The summed E-state index contributed by atoms with van der Waals surface area (Å²) in [5.74, 6) is -0.976. The molecule has 2 heterocycles. The Morgan fingerprint density at radius 3 is 2.86 bits per heavy atom. The maximum Gasteiger partial charge on any atom is 0.326 e. The van der Waals surface area contributed by atoms with Crippen LogP contribution in [-0.4, -0.2) is 34.1 Å². The summed E-state index contributed by atoms with van der Waals surface area (Å²) in [7, 11) is 0. The van der Waals surface area contributed by atoms with Crippen molar-refractivity contribution in [2.75, 3.05) is 6.54 Å². The second-order valence-electron chi connectivity index (χ2n) is 7.42. The maximum atomic E-state index is 12.6. The molecule has 156 valence electrons. The summed E-state index contributed by atoms with van der Waals surface area (Å²) < 4.78 is 6.44. The van der Waals surface area contributed by atoms with E-state index in [1.807, 2.05) is 13.8 Å². The average molecular weight is 418 g/mol. The van der Waals surface area contributed by atoms with Gasteiger partial charge in [0.15, 0.2) is 6.10 Å². The highest BCUT2D eigenvalue weighted by Gasteiger charge is 2.19. The zero-order valence-corrected chi connectivity index (χ0v) is 17.9. The van der Waals surface area contributed by atoms with Crippen molar-refractivity contribution < 1.29 is 14.3 Å². The fourth-order valence-electron chi connectivity index (χ4n) is 3.43. The number of nitrogens with zero attached hydrogens (tertiary/aromatic N) is 2. The number of esters is 1. The average Bonchev–Trinajstić information content (AvgIpc) is 2.99. The zero-order chi connectivity index (χ0) is 21.0. The number of aromatic nitrogens is 2. The lowest BCUT2D eigenvalue weighted by molar-refractivity contribution is -0.155. The topological polar surface area (TPSA) is 90.3 Å². The van der Waals surface area contributed by atoms with Gasteiger partial charge in [-0.1, -0.05) is 11.6 Å². The van der Waals surface area contributed by atoms with Gasteiger partial charge in [-0.05, 0) is 58.4 Å². The van der Waals surface area contributed by atoms with Gasteiger partial charge < -0.3 is 10.1 Å². The van der Waals surface area contributed by atoms with Gasteiger partial charge in [-0.25, -0.2) is 4.98 Å². The summed E-state index contributed by atoms with van der Waals surface area (Å²) in [5.41, 5.74) is 1.99. The minimum Gasteiger partial charge on any atom is -0.451 e. The number of hydrogen-bond donors (Lipinski definition) is 1. The lowest BCUT2D eigenvalue weighted by Crippen LogP contribution is -2.37. The highest BCUT2D eigenvalue weighted by atomic mass is 32.1. The van der Waals surface area contributed by atoms with Crippen molar-refractivity contribution in [3.8, 4) is 0 Å². The Bertz CT molecular complexity index is 1010. The van der Waals surface area contributed by atoms with Crippen LogP contribution in [-0.2, 0) is 20.9 Å². The van der Waals surface area contributed by atoms with E-state index in [1.54, 1.807) is 0 Å². The van der Waals surface area contributed by atoms with Crippen LogP contribution < -0.4 is 10.9 Å². The van der Waals surface area contributed by atoms with Crippen LogP contribution in [0, 0.1) is 13.8 Å². The van der Waals surface area contributed by atoms with E-state index in [-0.39, 0.29) is 18.0 Å². The van der Waals surface area contributed by atoms with Gasteiger partial charge in [-0.2, -0.15) is 0 Å². The predicted octanol–water partition coefficient (Wildman–Crippen LogP) is 3.01. The van der Waals surface area contributed by atoms with E-state index in [4.69, 9.17) is 4.74 Å². The smallest absolute Gasteiger partial charge is 0.326 e. The van der Waals surface area contributed by atoms with E-state index >= 15 is 0 Å². The third kappa shape index (κ3) is 5.12. The number of hydrogen-bond acceptors (Lipinski definition) is 6. The van der Waals surface area contributed by atoms with Crippen molar-refractivity contribution >= 4 is 33.4 Å². The Morgan fingerprint density at radius 1 is 1.34 bits per heavy atom. The number of ether oxygens (including phenoxy) is 1. The number of thiophene rings is 1. The highest BCUT2D eigenvalue weighted by Crippen LogP contribution is 2.25. The van der Waals surface area contributed by atoms with Crippen molar-refractivity contribution in [1.82, 2.24) is 14.9 Å². The first-order valence-electron chi connectivity index (χ1n) is 9.97. The van der Waals surface area contributed by atoms with Crippen molar-refractivity contribution in [3.05, 3.63) is 38.8 Å². The molecule has 0 aliphatic heterocycles. The molecule has 8 heteroatoms. The third-order valence-electron chi connectivity index (χ3n) is 5.26. The lowest BCUT2D eigenvalue weighted by Gasteiger charge is -2.16. The number of carbonyl (C=O) groups excluding carboxylic acids is 2. The lowest BCUT2D eigenvalue weighted by atomic mass is 9.97. The normalized spacial score (nSPS) is 15.1. The van der Waals surface area contributed by atoms with Crippen LogP contribution in [0.3, 0.4) is 0 Å². The van der Waals surface area contributed by atoms with Gasteiger partial charge in [0.25, 0.3) is 11.5 Å². The number of carbonyl (C=O) groups is 2. The Hall–Kier alpha value is -2.48. The zero-order valence-electron chi connectivity index (χ0n) is 17.1. The summed E-state index contributed by atoms with van der Waals surface area (Å²) in [6.07, 6.45) is 8.16. The van der Waals surface area contributed by atoms with E-state index in [0.717, 1.165) is 29.7 Å². The summed E-state index contributed by atoms with van der Waals surface area (Å²) in [6, 6.07) is 0. The van der Waals surface area contributed by atoms with E-state index in [2.05, 4.69) is 16.4 Å². The number of allylic oxidation sites excluding steroid dienone is 1. The van der Waals surface area contributed by atoms with E-state index in [9.17, 15) is 14.4 Å². The highest BCUT2D eigenvalue weighted by molar-refractivity contribution is 7.18. The second-order valence-corrected chi connectivity index (χ2v) is 8.63. The molecule has 0 unspecified atom stereocenters. The maximum absolute atomic E-state index is 12.6. The largest absolute Gasteiger partial charge is 0.451 e. The molecule has 1 N–H and O–H groups in total. The minimum atomic E-state index is -0.916. The third-order valence-corrected chi connectivity index (χ3v) is 6.38. The fourth-order valence-corrected chi connectivity index (χ4v) is 4.42. The monoisotopic (exact) mass is 417 g/mol. The molecule has 3 rings (SSSR count). The molecule has 0 saturated heterocycles. The first-order chi connectivity index (χ1) is 13.9. The fraction of sp³-hybridized carbons (Fsp3) is 0.524. The summed E-state index contributed by atoms with van der Waals surface area (Å²) in [5, 5.41) is 3.34. The molecule has 1 aliphatic carbocycles. The van der Waals surface area contributed by atoms with Crippen molar-refractivity contribution in [3.63, 3.8) is 0 Å². The standard InChI is InChI=1S/C21H27N3O4S/c1-13-15(3)29-20-18(13)21(27)24(12-23-20)11-17(25)28-14(2)19(26)22-10-9-16-7-5-4-6-8-16/h7,12,14H,4-6,8-11H2,1-3H3,(H,22,26)/t14-/m0/s1. The number of nitrogens with one attached hydrogen (secondary N) is 1. The molecule has 2 aromatic rings. The molecule has 1 amide bonds. The van der Waals surface area contributed by atoms with E-state index in [1.165, 1.54) is 47.6 Å². The van der Waals surface area contributed by atoms with Crippen molar-refractivity contribution in [2.24, 2.45) is 0 Å². The summed E-state index contributed by atoms with van der Waals surface area (Å²) in [6.45, 7) is 5.59. The van der Waals surface area contributed by atoms with Gasteiger partial charge in [-0.15, -0.1) is 11.3 Å². The predicted molar refractivity (Wildman–Crippen MR) is 113 cm³/mol. The van der Waals surface area contributed by atoms with Gasteiger partial charge in [0.2, 0.25) is 0 Å². The molecule has 2 aromatic heterocycles. The second kappa shape index (κ2) is 9.35. The van der Waals surface area contributed by atoms with Crippen LogP contribution in [0.4, 0.5) is 0 Å². The Morgan fingerprint density at radius 2 is 2.14 bits per heavy atom. The molecule has 0 fully saturated rings. The van der Waals surface area contributed by atoms with Crippen molar-refractivity contribution in [2.45, 2.75) is 65.5 Å². The molecule has 7 nitrogen and oxygen atoms in total. The molecular formula is C21H27N3O4S. The Kier molecular flexibility index (Phi) is 6.84. The first-order valence-corrected chi connectivity index (χ1v) is 10.8. The van der Waals surface area contributed by atoms with Gasteiger partial charge >= 0.3 is 5.97 Å². The van der Waals surface area contributed by atoms with Crippen LogP contribution in [0.5, 0.6) is 0 Å². The van der Waals surface area contributed by atoms with Crippen LogP contribution >= 0.6 is 11.3 Å². The van der Waals surface area contributed by atoms with Crippen LogP contribution in [0.2, 0.25) is 0 Å². The van der Waals surface area contributed by atoms with Gasteiger partial charge in [0.05, 0.1) is 11.7 Å². The number of rotatable bonds is 7. The van der Waals surface area contributed by atoms with Gasteiger partial charge in [0, 0.05) is 11.4 Å². The minimum absolute atomic E-state index is 0.272. The van der Waals surface area contributed by atoms with E-state index < -0.39 is 12.1 Å². The van der Waals surface area contributed by atoms with Crippen molar-refractivity contribution in [1.29, 1.82) is 0 Å². The first kappa shape index (κ1) is 21.2. The quantitative estimate of drug-likeness (QED) is 0.552. The van der Waals surface area contributed by atoms with Crippen LogP contribution in [0.1, 0.15) is 49.5 Å². The van der Waals surface area contributed by atoms with Crippen LogP contribution in [0.25, 0.3) is 10.2 Å². The number of aryl methyl sites for hydroxylation is 2. The molecular weight excluding hydrogens is 390 g/mol. The summed E-state index contributed by atoms with van der Waals surface area (Å²) >= 11 is 1.46. The Balaban J connectivity index is 1.53. The van der Waals surface area contributed by atoms with Gasteiger partial charge in [-0.3, -0.25) is 19.0 Å². The number of fused-ring (bicyclic) bond motifs is 1. The number of amides is 1. The summed E-state index contributed by atoms with van der Waals surface area (Å²) in [4.78, 5) is 43.0. The molecule has 0 saturated carbocycles. The molecule has 29 heavy (non-hydrogen) atoms. The van der Waals surface area contributed by atoms with Gasteiger partial charge in [0.1, 0.15) is 11.4 Å². The Labute approximate surface area is 173 Å². The van der Waals surface area contributed by atoms with Crippen LogP contribution in [0.15, 0.2) is 22.8 Å². The molecule has 1 aliphatic rings. The molecule has 1 atom stereocenters. The molecule has 0 radical (unpaired) electrons. The molecule has 0 bridgehead atoms. The SMILES string of the molecule is Cc1sc2ncn(CC(=O)O[C@@H](C)C(=O)NCCC3=CCCCC3)c(=O)c2c1C. The molecule has 0 aromatic carbocycles.